The van der Waals surface area contributed by atoms with Crippen LogP contribution in [0.1, 0.15) is 37.2 Å². The number of aromatic amines is 1. The number of alkyl halides is 1. The Hall–Kier alpha value is -3.14. The molecule has 1 atom stereocenters. The van der Waals surface area contributed by atoms with Gasteiger partial charge in [0, 0.05) is 18.0 Å². The molecule has 0 aliphatic rings. The van der Waals surface area contributed by atoms with Crippen LogP contribution in [-0.4, -0.2) is 57.1 Å². The Morgan fingerprint density at radius 1 is 1.30 bits per heavy atom. The summed E-state index contributed by atoms with van der Waals surface area (Å²) in [5.74, 6) is -2.60. The topological polar surface area (TPSA) is 150 Å². The number of nitrogens with zero attached hydrogens (tertiary/aromatic N) is 2. The van der Waals surface area contributed by atoms with Crippen LogP contribution in [0.15, 0.2) is 24.5 Å². The van der Waals surface area contributed by atoms with Crippen molar-refractivity contribution < 1.29 is 19.2 Å². The minimum atomic E-state index is -0.916. The van der Waals surface area contributed by atoms with E-state index in [1.807, 2.05) is 13.8 Å². The average Bonchev–Trinajstić information content (AvgIpc) is 3.13. The van der Waals surface area contributed by atoms with Gasteiger partial charge >= 0.3 is 0 Å². The fourth-order valence-corrected chi connectivity index (χ4v) is 2.93. The molecule has 0 saturated carbocycles. The summed E-state index contributed by atoms with van der Waals surface area (Å²) in [5.41, 5.74) is 8.52. The lowest BCUT2D eigenvalue weighted by atomic mass is 10.0. The van der Waals surface area contributed by atoms with Gasteiger partial charge in [0.1, 0.15) is 17.6 Å². The molecule has 0 fully saturated rings. The van der Waals surface area contributed by atoms with E-state index < -0.39 is 29.7 Å². The van der Waals surface area contributed by atoms with Crippen molar-refractivity contribution in [1.29, 1.82) is 0 Å². The number of halogens is 1. The van der Waals surface area contributed by atoms with Gasteiger partial charge in [-0.25, -0.2) is 0 Å². The van der Waals surface area contributed by atoms with Crippen molar-refractivity contribution in [1.82, 2.24) is 25.7 Å². The first-order valence-electron chi connectivity index (χ1n) is 9.40. The fourth-order valence-electron chi connectivity index (χ4n) is 2.78. The third-order valence-corrected chi connectivity index (χ3v) is 4.47. The highest BCUT2D eigenvalue weighted by atomic mass is 35.5. The number of rotatable bonds is 9. The van der Waals surface area contributed by atoms with E-state index in [1.54, 1.807) is 24.5 Å². The number of H-pyrrole nitrogens is 1. The van der Waals surface area contributed by atoms with E-state index in [4.69, 9.17) is 17.3 Å². The zero-order chi connectivity index (χ0) is 22.3. The summed E-state index contributed by atoms with van der Waals surface area (Å²) in [4.78, 5) is 55.4. The summed E-state index contributed by atoms with van der Waals surface area (Å²) in [6, 6.07) is 2.50. The molecule has 2 heterocycles. The van der Waals surface area contributed by atoms with E-state index in [-0.39, 0.29) is 30.5 Å². The molecule has 162 valence electrons. The standard InChI is InChI=1S/C19H25ClN6O4/c1-11(2)7-13(19(30)25-26(17(28)9-20)6-4-16(21)27)24-18(29)14-8-12-3-5-22-10-15(12)23-14/h3,5,8,10-11,13,23H,4,6-7,9H2,1-2H3,(H2,21,27)(H,24,29)(H,25,30)/t13-/m0/s1. The zero-order valence-corrected chi connectivity index (χ0v) is 17.5. The number of nitrogens with two attached hydrogens (primary N) is 1. The zero-order valence-electron chi connectivity index (χ0n) is 16.8. The summed E-state index contributed by atoms with van der Waals surface area (Å²) in [5, 5.41) is 4.44. The quantitative estimate of drug-likeness (QED) is 0.336. The number of nitrogens with one attached hydrogen (secondary N) is 3. The van der Waals surface area contributed by atoms with Gasteiger partial charge in [-0.3, -0.25) is 34.6 Å². The second-order valence-corrected chi connectivity index (χ2v) is 7.44. The first-order chi connectivity index (χ1) is 14.2. The molecule has 0 aromatic carbocycles. The van der Waals surface area contributed by atoms with E-state index >= 15 is 0 Å². The van der Waals surface area contributed by atoms with Crippen LogP contribution in [0.4, 0.5) is 0 Å². The fraction of sp³-hybridized carbons (Fsp3) is 0.421. The predicted octanol–water partition coefficient (Wildman–Crippen LogP) is 0.681. The molecular weight excluding hydrogens is 412 g/mol. The second-order valence-electron chi connectivity index (χ2n) is 7.17. The molecule has 2 aromatic rings. The van der Waals surface area contributed by atoms with Gasteiger partial charge < -0.3 is 16.0 Å². The number of pyridine rings is 1. The average molecular weight is 437 g/mol. The van der Waals surface area contributed by atoms with Crippen molar-refractivity contribution in [2.24, 2.45) is 11.7 Å². The Labute approximate surface area is 178 Å². The van der Waals surface area contributed by atoms with Crippen LogP contribution in [0, 0.1) is 5.92 Å². The largest absolute Gasteiger partial charge is 0.370 e. The molecule has 10 nitrogen and oxygen atoms in total. The molecule has 2 rings (SSSR count). The number of hydrogen-bond acceptors (Lipinski definition) is 5. The number of aromatic nitrogens is 2. The molecule has 2 aromatic heterocycles. The van der Waals surface area contributed by atoms with Crippen molar-refractivity contribution >= 4 is 46.1 Å². The molecular formula is C19H25ClN6O4. The summed E-state index contributed by atoms with van der Waals surface area (Å²) >= 11 is 5.57. The van der Waals surface area contributed by atoms with Gasteiger partial charge in [-0.2, -0.15) is 0 Å². The molecule has 11 heteroatoms. The highest BCUT2D eigenvalue weighted by molar-refractivity contribution is 6.27. The van der Waals surface area contributed by atoms with Gasteiger partial charge in [-0.1, -0.05) is 13.8 Å². The normalized spacial score (nSPS) is 11.9. The van der Waals surface area contributed by atoms with Gasteiger partial charge in [0.2, 0.25) is 5.91 Å². The number of primary amides is 1. The highest BCUT2D eigenvalue weighted by Gasteiger charge is 2.26. The summed E-state index contributed by atoms with van der Waals surface area (Å²) < 4.78 is 0. The number of carbonyl (C=O) groups is 4. The van der Waals surface area contributed by atoms with Gasteiger partial charge in [0.05, 0.1) is 18.3 Å². The monoisotopic (exact) mass is 436 g/mol. The predicted molar refractivity (Wildman–Crippen MR) is 111 cm³/mol. The Balaban J connectivity index is 2.13. The van der Waals surface area contributed by atoms with Gasteiger partial charge in [-0.05, 0) is 24.5 Å². The van der Waals surface area contributed by atoms with Gasteiger partial charge in [0.15, 0.2) is 0 Å². The van der Waals surface area contributed by atoms with Gasteiger partial charge in [-0.15, -0.1) is 11.6 Å². The third-order valence-electron chi connectivity index (χ3n) is 4.24. The molecule has 30 heavy (non-hydrogen) atoms. The molecule has 4 amide bonds. The number of hydrazine groups is 1. The van der Waals surface area contributed by atoms with Crippen LogP contribution in [0.5, 0.6) is 0 Å². The summed E-state index contributed by atoms with van der Waals surface area (Å²) in [7, 11) is 0. The second kappa shape index (κ2) is 10.6. The maximum atomic E-state index is 12.8. The maximum Gasteiger partial charge on any atom is 0.268 e. The molecule has 0 saturated heterocycles. The SMILES string of the molecule is CC(C)C[C@H](NC(=O)c1cc2ccncc2[nH]1)C(=O)NN(CCC(N)=O)C(=O)CCl. The van der Waals surface area contributed by atoms with Crippen molar-refractivity contribution in [3.8, 4) is 0 Å². The number of amides is 4. The van der Waals surface area contributed by atoms with Crippen molar-refractivity contribution in [3.63, 3.8) is 0 Å². The first kappa shape index (κ1) is 23.1. The number of fused-ring (bicyclic) bond motifs is 1. The smallest absolute Gasteiger partial charge is 0.268 e. The van der Waals surface area contributed by atoms with E-state index in [2.05, 4.69) is 20.7 Å². The van der Waals surface area contributed by atoms with Crippen molar-refractivity contribution in [3.05, 3.63) is 30.2 Å². The molecule has 0 aliphatic heterocycles. The van der Waals surface area contributed by atoms with Gasteiger partial charge in [0.25, 0.3) is 17.7 Å². The maximum absolute atomic E-state index is 12.8. The lowest BCUT2D eigenvalue weighted by Crippen LogP contribution is -2.55. The lowest BCUT2D eigenvalue weighted by molar-refractivity contribution is -0.141. The molecule has 0 radical (unpaired) electrons. The van der Waals surface area contributed by atoms with Crippen molar-refractivity contribution in [2.75, 3.05) is 12.4 Å². The highest BCUT2D eigenvalue weighted by Crippen LogP contribution is 2.14. The first-order valence-corrected chi connectivity index (χ1v) is 9.93. The Morgan fingerprint density at radius 2 is 2.03 bits per heavy atom. The van der Waals surface area contributed by atoms with E-state index in [0.29, 0.717) is 11.9 Å². The lowest BCUT2D eigenvalue weighted by Gasteiger charge is -2.26. The Kier molecular flexibility index (Phi) is 8.16. The molecule has 0 aliphatic carbocycles. The summed E-state index contributed by atoms with van der Waals surface area (Å²) in [6.45, 7) is 3.68. The number of hydrogen-bond donors (Lipinski definition) is 4. The molecule has 0 bridgehead atoms. The minimum Gasteiger partial charge on any atom is -0.370 e. The third kappa shape index (κ3) is 6.45. The Morgan fingerprint density at radius 3 is 2.63 bits per heavy atom. The van der Waals surface area contributed by atoms with Crippen LogP contribution in [-0.2, 0) is 14.4 Å². The molecule has 5 N–H and O–H groups in total. The van der Waals surface area contributed by atoms with Crippen LogP contribution >= 0.6 is 11.6 Å². The minimum absolute atomic E-state index is 0.0794. The van der Waals surface area contributed by atoms with Crippen LogP contribution in [0.3, 0.4) is 0 Å². The van der Waals surface area contributed by atoms with E-state index in [1.165, 1.54) is 0 Å². The molecule has 0 unspecified atom stereocenters. The van der Waals surface area contributed by atoms with Crippen molar-refractivity contribution in [2.45, 2.75) is 32.7 Å². The van der Waals surface area contributed by atoms with Crippen LogP contribution in [0.25, 0.3) is 10.9 Å². The summed E-state index contributed by atoms with van der Waals surface area (Å²) in [6.07, 6.45) is 3.39. The van der Waals surface area contributed by atoms with Crippen LogP contribution in [0.2, 0.25) is 0 Å². The Bertz CT molecular complexity index is 896. The van der Waals surface area contributed by atoms with E-state index in [0.717, 1.165) is 10.4 Å². The van der Waals surface area contributed by atoms with E-state index in [9.17, 15) is 19.2 Å². The number of carbonyl (C=O) groups excluding carboxylic acids is 4. The molecule has 0 spiro atoms. The van der Waals surface area contributed by atoms with Crippen LogP contribution < -0.4 is 16.5 Å².